The SMILES string of the molecule is COCCNC(=O)c1cccc(S(=O)(=O)NC(=O)c2ccc(OC(=O)OC)nc2)c1. The second kappa shape index (κ2) is 10.3. The summed E-state index contributed by atoms with van der Waals surface area (Å²) in [5.41, 5.74) is 0.0108. The minimum atomic E-state index is -4.26. The fourth-order valence-corrected chi connectivity index (χ4v) is 3.13. The van der Waals surface area contributed by atoms with Gasteiger partial charge in [0, 0.05) is 31.5 Å². The summed E-state index contributed by atoms with van der Waals surface area (Å²) < 4.78 is 40.7. The third-order valence-corrected chi connectivity index (χ3v) is 4.91. The Morgan fingerprint density at radius 2 is 1.80 bits per heavy atom. The third-order valence-electron chi connectivity index (χ3n) is 3.58. The van der Waals surface area contributed by atoms with Crippen LogP contribution in [0, 0.1) is 0 Å². The van der Waals surface area contributed by atoms with Gasteiger partial charge in [-0.15, -0.1) is 0 Å². The molecule has 11 nitrogen and oxygen atoms in total. The van der Waals surface area contributed by atoms with Gasteiger partial charge in [-0.3, -0.25) is 9.59 Å². The molecule has 2 amide bonds. The average Bonchev–Trinajstić information content (AvgIpc) is 2.74. The maximum absolute atomic E-state index is 12.5. The Hall–Kier alpha value is -3.51. The van der Waals surface area contributed by atoms with E-state index in [1.165, 1.54) is 37.4 Å². The molecule has 0 saturated heterocycles. The maximum Gasteiger partial charge on any atom is 0.514 e. The zero-order valence-electron chi connectivity index (χ0n) is 16.1. The number of rotatable bonds is 8. The highest BCUT2D eigenvalue weighted by atomic mass is 32.2. The number of pyridine rings is 1. The molecule has 0 unspecified atom stereocenters. The predicted octanol–water partition coefficient (Wildman–Crippen LogP) is 0.722. The third kappa shape index (κ3) is 6.25. The van der Waals surface area contributed by atoms with E-state index in [-0.39, 0.29) is 28.4 Å². The van der Waals surface area contributed by atoms with Crippen molar-refractivity contribution in [1.29, 1.82) is 0 Å². The zero-order valence-corrected chi connectivity index (χ0v) is 16.9. The molecule has 0 atom stereocenters. The molecule has 12 heteroatoms. The van der Waals surface area contributed by atoms with Gasteiger partial charge in [-0.1, -0.05) is 6.07 Å². The number of methoxy groups -OCH3 is 2. The molecule has 0 aliphatic rings. The topological polar surface area (TPSA) is 150 Å². The molecule has 0 radical (unpaired) electrons. The monoisotopic (exact) mass is 437 g/mol. The van der Waals surface area contributed by atoms with Crippen molar-refractivity contribution in [1.82, 2.24) is 15.0 Å². The van der Waals surface area contributed by atoms with Gasteiger partial charge in [-0.2, -0.15) is 0 Å². The summed E-state index contributed by atoms with van der Waals surface area (Å²) in [7, 11) is -1.66. The number of ether oxygens (including phenoxy) is 3. The first-order valence-electron chi connectivity index (χ1n) is 8.43. The summed E-state index contributed by atoms with van der Waals surface area (Å²) in [5.74, 6) is -1.57. The van der Waals surface area contributed by atoms with Gasteiger partial charge in [-0.05, 0) is 24.3 Å². The van der Waals surface area contributed by atoms with Crippen molar-refractivity contribution in [3.8, 4) is 5.88 Å². The maximum atomic E-state index is 12.5. The molecule has 1 aromatic carbocycles. The van der Waals surface area contributed by atoms with Gasteiger partial charge in [0.15, 0.2) is 0 Å². The van der Waals surface area contributed by atoms with E-state index in [1.54, 1.807) is 0 Å². The van der Waals surface area contributed by atoms with Crippen LogP contribution in [0.4, 0.5) is 4.79 Å². The second-order valence-corrected chi connectivity index (χ2v) is 7.33. The van der Waals surface area contributed by atoms with Crippen LogP contribution in [-0.4, -0.2) is 58.7 Å². The number of nitrogens with one attached hydrogen (secondary N) is 2. The molecular weight excluding hydrogens is 418 g/mol. The van der Waals surface area contributed by atoms with Gasteiger partial charge in [0.05, 0.1) is 24.2 Å². The summed E-state index contributed by atoms with van der Waals surface area (Å²) >= 11 is 0. The van der Waals surface area contributed by atoms with Gasteiger partial charge in [-0.25, -0.2) is 22.9 Å². The van der Waals surface area contributed by atoms with Crippen LogP contribution in [0.3, 0.4) is 0 Å². The first-order valence-corrected chi connectivity index (χ1v) is 9.91. The molecule has 1 aromatic heterocycles. The number of sulfonamides is 1. The van der Waals surface area contributed by atoms with Gasteiger partial charge in [0.2, 0.25) is 5.88 Å². The van der Waals surface area contributed by atoms with Crippen LogP contribution in [-0.2, 0) is 19.5 Å². The molecule has 0 saturated carbocycles. The summed E-state index contributed by atoms with van der Waals surface area (Å²) in [6.07, 6.45) is 0.0383. The van der Waals surface area contributed by atoms with E-state index in [4.69, 9.17) is 4.74 Å². The molecule has 2 aromatic rings. The van der Waals surface area contributed by atoms with Crippen LogP contribution >= 0.6 is 0 Å². The Morgan fingerprint density at radius 1 is 1.03 bits per heavy atom. The number of aromatic nitrogens is 1. The van der Waals surface area contributed by atoms with Crippen LogP contribution in [0.25, 0.3) is 0 Å². The summed E-state index contributed by atoms with van der Waals surface area (Å²) in [5, 5.41) is 2.57. The number of nitrogens with zero attached hydrogens (tertiary/aromatic N) is 1. The fourth-order valence-electron chi connectivity index (χ4n) is 2.12. The van der Waals surface area contributed by atoms with E-state index in [2.05, 4.69) is 19.8 Å². The van der Waals surface area contributed by atoms with Gasteiger partial charge < -0.3 is 19.5 Å². The Balaban J connectivity index is 2.10. The number of hydrogen-bond donors (Lipinski definition) is 2. The Kier molecular flexibility index (Phi) is 7.83. The minimum Gasteiger partial charge on any atom is -0.437 e. The van der Waals surface area contributed by atoms with Crippen molar-refractivity contribution >= 4 is 28.0 Å². The van der Waals surface area contributed by atoms with Crippen molar-refractivity contribution in [3.05, 3.63) is 53.7 Å². The molecule has 0 fully saturated rings. The normalized spacial score (nSPS) is 10.7. The quantitative estimate of drug-likeness (QED) is 0.450. The number of carbonyl (C=O) groups is 3. The van der Waals surface area contributed by atoms with Crippen molar-refractivity contribution in [2.45, 2.75) is 4.90 Å². The zero-order chi connectivity index (χ0) is 22.1. The lowest BCUT2D eigenvalue weighted by atomic mass is 10.2. The second-order valence-electron chi connectivity index (χ2n) is 5.65. The number of amides is 2. The van der Waals surface area contributed by atoms with Crippen molar-refractivity contribution in [3.63, 3.8) is 0 Å². The Labute approximate surface area is 172 Å². The Bertz CT molecular complexity index is 1020. The van der Waals surface area contributed by atoms with Crippen LogP contribution in [0.15, 0.2) is 47.5 Å². The standard InChI is InChI=1S/C18H19N3O8S/c1-27-9-8-19-16(22)12-4-3-5-14(10-12)30(25,26)21-17(23)13-6-7-15(20-11-13)29-18(24)28-2/h3-7,10-11H,8-9H2,1-2H3,(H,19,22)(H,21,23). The Morgan fingerprint density at radius 3 is 2.43 bits per heavy atom. The molecular formula is C18H19N3O8S. The van der Waals surface area contributed by atoms with Crippen LogP contribution < -0.4 is 14.8 Å². The number of benzene rings is 1. The lowest BCUT2D eigenvalue weighted by Crippen LogP contribution is -2.31. The molecule has 2 N–H and O–H groups in total. The summed E-state index contributed by atoms with van der Waals surface area (Å²) in [4.78, 5) is 38.8. The molecule has 30 heavy (non-hydrogen) atoms. The van der Waals surface area contributed by atoms with Gasteiger partial charge in [0.1, 0.15) is 0 Å². The largest absolute Gasteiger partial charge is 0.514 e. The smallest absolute Gasteiger partial charge is 0.437 e. The van der Waals surface area contributed by atoms with Crippen LogP contribution in [0.1, 0.15) is 20.7 Å². The highest BCUT2D eigenvalue weighted by Gasteiger charge is 2.20. The van der Waals surface area contributed by atoms with Crippen LogP contribution in [0.5, 0.6) is 5.88 Å². The number of carbonyl (C=O) groups excluding carboxylic acids is 3. The van der Waals surface area contributed by atoms with E-state index < -0.39 is 28.0 Å². The molecule has 1 heterocycles. The van der Waals surface area contributed by atoms with Crippen LogP contribution in [0.2, 0.25) is 0 Å². The van der Waals surface area contributed by atoms with E-state index in [0.717, 1.165) is 19.4 Å². The molecule has 0 aliphatic heterocycles. The van der Waals surface area contributed by atoms with Gasteiger partial charge in [0.25, 0.3) is 21.8 Å². The summed E-state index contributed by atoms with van der Waals surface area (Å²) in [6, 6.07) is 7.62. The molecule has 0 bridgehead atoms. The van der Waals surface area contributed by atoms with Gasteiger partial charge >= 0.3 is 6.16 Å². The van der Waals surface area contributed by atoms with Crippen molar-refractivity contribution in [2.24, 2.45) is 0 Å². The molecule has 160 valence electrons. The fraction of sp³-hybridized carbons (Fsp3) is 0.222. The highest BCUT2D eigenvalue weighted by molar-refractivity contribution is 7.90. The van der Waals surface area contributed by atoms with E-state index in [0.29, 0.717) is 6.61 Å². The highest BCUT2D eigenvalue weighted by Crippen LogP contribution is 2.13. The first-order chi connectivity index (χ1) is 14.3. The minimum absolute atomic E-state index is 0.0933. The van der Waals surface area contributed by atoms with E-state index in [1.807, 2.05) is 4.72 Å². The molecule has 2 rings (SSSR count). The first kappa shape index (κ1) is 22.8. The lowest BCUT2D eigenvalue weighted by Gasteiger charge is -2.09. The van der Waals surface area contributed by atoms with Crippen molar-refractivity contribution < 1.29 is 37.0 Å². The lowest BCUT2D eigenvalue weighted by molar-refractivity contribution is 0.0935. The average molecular weight is 437 g/mol. The number of hydrogen-bond acceptors (Lipinski definition) is 9. The summed E-state index contributed by atoms with van der Waals surface area (Å²) in [6.45, 7) is 0.559. The molecule has 0 spiro atoms. The van der Waals surface area contributed by atoms with E-state index in [9.17, 15) is 22.8 Å². The van der Waals surface area contributed by atoms with E-state index >= 15 is 0 Å². The van der Waals surface area contributed by atoms with Crippen molar-refractivity contribution in [2.75, 3.05) is 27.4 Å². The predicted molar refractivity (Wildman–Crippen MR) is 103 cm³/mol. The molecule has 0 aliphatic carbocycles.